The Hall–Kier alpha value is -1.50. The van der Waals surface area contributed by atoms with Gasteiger partial charge in [0.05, 0.1) is 5.92 Å². The minimum atomic E-state index is 0.0358. The second kappa shape index (κ2) is 7.86. The Balaban J connectivity index is 1.51. The molecule has 1 amide bonds. The molecule has 0 aromatic carbocycles. The summed E-state index contributed by atoms with van der Waals surface area (Å²) < 4.78 is 0. The fourth-order valence-corrected chi connectivity index (χ4v) is 3.58. The molecule has 2 fully saturated rings. The highest BCUT2D eigenvalue weighted by Gasteiger charge is 2.33. The van der Waals surface area contributed by atoms with Crippen molar-refractivity contribution in [3.63, 3.8) is 0 Å². The molecule has 2 aliphatic heterocycles. The molecule has 3 atom stereocenters. The zero-order valence-electron chi connectivity index (χ0n) is 13.8. The van der Waals surface area contributed by atoms with Crippen molar-refractivity contribution in [1.82, 2.24) is 26.1 Å². The third-order valence-corrected chi connectivity index (χ3v) is 4.85. The predicted octanol–water partition coefficient (Wildman–Crippen LogP) is 0.665. The first-order valence-electron chi connectivity index (χ1n) is 8.66. The van der Waals surface area contributed by atoms with Crippen LogP contribution in [0.5, 0.6) is 0 Å². The Morgan fingerprint density at radius 1 is 1.52 bits per heavy atom. The number of hydrazine groups is 1. The summed E-state index contributed by atoms with van der Waals surface area (Å²) in [6, 6.07) is 4.58. The van der Waals surface area contributed by atoms with Crippen LogP contribution in [-0.2, 0) is 11.3 Å². The Kier molecular flexibility index (Phi) is 5.59. The monoisotopic (exact) mass is 317 g/mol. The number of carbonyl (C=O) groups is 1. The van der Waals surface area contributed by atoms with E-state index < -0.39 is 0 Å². The standard InChI is InChI=1S/C17H27N5O/c1-2-16-15(10-19-21-16)17(23)20-14-6-4-8-22(12-14)11-13-5-3-7-18-9-13/h3,5,7,9,14-16,19,21H,2,4,6,8,10-12H2,1H3,(H,20,23). The minimum absolute atomic E-state index is 0.0358. The zero-order chi connectivity index (χ0) is 16.1. The van der Waals surface area contributed by atoms with Crippen LogP contribution in [0, 0.1) is 5.92 Å². The normalized spacial score (nSPS) is 28.7. The molecular formula is C17H27N5O. The molecule has 3 unspecified atom stereocenters. The lowest BCUT2D eigenvalue weighted by Crippen LogP contribution is -2.50. The maximum absolute atomic E-state index is 12.5. The van der Waals surface area contributed by atoms with Crippen LogP contribution in [0.1, 0.15) is 31.7 Å². The number of nitrogens with one attached hydrogen (secondary N) is 3. The lowest BCUT2D eigenvalue weighted by atomic mass is 9.97. The number of hydrogen-bond donors (Lipinski definition) is 3. The van der Waals surface area contributed by atoms with Gasteiger partial charge < -0.3 is 5.32 Å². The van der Waals surface area contributed by atoms with Crippen LogP contribution in [0.2, 0.25) is 0 Å². The van der Waals surface area contributed by atoms with Crippen LogP contribution in [0.15, 0.2) is 24.5 Å². The summed E-state index contributed by atoms with van der Waals surface area (Å²) in [5.74, 6) is 0.219. The van der Waals surface area contributed by atoms with Crippen molar-refractivity contribution in [2.75, 3.05) is 19.6 Å². The van der Waals surface area contributed by atoms with Crippen LogP contribution < -0.4 is 16.2 Å². The van der Waals surface area contributed by atoms with Crippen molar-refractivity contribution in [2.24, 2.45) is 5.92 Å². The van der Waals surface area contributed by atoms with E-state index in [0.717, 1.165) is 45.4 Å². The molecule has 0 bridgehead atoms. The van der Waals surface area contributed by atoms with E-state index in [2.05, 4.69) is 39.0 Å². The molecule has 2 saturated heterocycles. The van der Waals surface area contributed by atoms with Crippen LogP contribution in [0.4, 0.5) is 0 Å². The number of amides is 1. The molecule has 1 aromatic heterocycles. The largest absolute Gasteiger partial charge is 0.352 e. The number of piperidine rings is 1. The van der Waals surface area contributed by atoms with Gasteiger partial charge in [-0.25, -0.2) is 0 Å². The first kappa shape index (κ1) is 16.4. The van der Waals surface area contributed by atoms with Gasteiger partial charge in [-0.3, -0.25) is 25.5 Å². The van der Waals surface area contributed by atoms with Crippen LogP contribution in [0.3, 0.4) is 0 Å². The van der Waals surface area contributed by atoms with Gasteiger partial charge in [0, 0.05) is 44.1 Å². The molecule has 3 heterocycles. The van der Waals surface area contributed by atoms with Crippen molar-refractivity contribution < 1.29 is 4.79 Å². The van der Waals surface area contributed by atoms with E-state index in [-0.39, 0.29) is 23.9 Å². The second-order valence-electron chi connectivity index (χ2n) is 6.59. The number of rotatable bonds is 5. The smallest absolute Gasteiger partial charge is 0.226 e. The van der Waals surface area contributed by atoms with Gasteiger partial charge in [0.25, 0.3) is 0 Å². The minimum Gasteiger partial charge on any atom is -0.352 e. The average Bonchev–Trinajstić information content (AvgIpc) is 3.05. The molecule has 0 radical (unpaired) electrons. The van der Waals surface area contributed by atoms with E-state index in [1.54, 1.807) is 6.20 Å². The van der Waals surface area contributed by atoms with Crippen molar-refractivity contribution in [1.29, 1.82) is 0 Å². The molecule has 0 aliphatic carbocycles. The molecular weight excluding hydrogens is 290 g/mol. The fourth-order valence-electron chi connectivity index (χ4n) is 3.58. The van der Waals surface area contributed by atoms with Crippen molar-refractivity contribution in [2.45, 2.75) is 44.8 Å². The Morgan fingerprint density at radius 2 is 2.43 bits per heavy atom. The molecule has 6 nitrogen and oxygen atoms in total. The van der Waals surface area contributed by atoms with E-state index >= 15 is 0 Å². The second-order valence-corrected chi connectivity index (χ2v) is 6.59. The van der Waals surface area contributed by atoms with Gasteiger partial charge in [0.1, 0.15) is 0 Å². The molecule has 126 valence electrons. The first-order chi connectivity index (χ1) is 11.3. The maximum Gasteiger partial charge on any atom is 0.226 e. The van der Waals surface area contributed by atoms with Crippen molar-refractivity contribution in [3.8, 4) is 0 Å². The van der Waals surface area contributed by atoms with Gasteiger partial charge in [-0.1, -0.05) is 13.0 Å². The third-order valence-electron chi connectivity index (χ3n) is 4.85. The molecule has 3 rings (SSSR count). The Labute approximate surface area is 138 Å². The van der Waals surface area contributed by atoms with Gasteiger partial charge >= 0.3 is 0 Å². The predicted molar refractivity (Wildman–Crippen MR) is 89.4 cm³/mol. The van der Waals surface area contributed by atoms with Gasteiger partial charge in [-0.2, -0.15) is 0 Å². The summed E-state index contributed by atoms with van der Waals surface area (Å²) in [5, 5.41) is 3.26. The number of hydrogen-bond acceptors (Lipinski definition) is 5. The lowest BCUT2D eigenvalue weighted by molar-refractivity contribution is -0.126. The SMILES string of the molecule is CCC1NNCC1C(=O)NC1CCCN(Cc2cccnc2)C1. The van der Waals surface area contributed by atoms with Crippen molar-refractivity contribution >= 4 is 5.91 Å². The number of pyridine rings is 1. The summed E-state index contributed by atoms with van der Waals surface area (Å²) in [6.07, 6.45) is 6.88. The molecule has 0 spiro atoms. The molecule has 0 saturated carbocycles. The van der Waals surface area contributed by atoms with E-state index in [4.69, 9.17) is 0 Å². The topological polar surface area (TPSA) is 69.3 Å². The zero-order valence-corrected chi connectivity index (χ0v) is 13.8. The number of nitrogens with zero attached hydrogens (tertiary/aromatic N) is 2. The van der Waals surface area contributed by atoms with Gasteiger partial charge in [0.2, 0.25) is 5.91 Å². The molecule has 2 aliphatic rings. The number of aromatic nitrogens is 1. The van der Waals surface area contributed by atoms with Crippen molar-refractivity contribution in [3.05, 3.63) is 30.1 Å². The summed E-state index contributed by atoms with van der Waals surface area (Å²) in [5.41, 5.74) is 7.52. The van der Waals surface area contributed by atoms with E-state index in [1.807, 2.05) is 12.3 Å². The highest BCUT2D eigenvalue weighted by molar-refractivity contribution is 5.80. The summed E-state index contributed by atoms with van der Waals surface area (Å²) >= 11 is 0. The summed E-state index contributed by atoms with van der Waals surface area (Å²) in [7, 11) is 0. The molecule has 1 aromatic rings. The molecule has 3 N–H and O–H groups in total. The number of carbonyl (C=O) groups excluding carboxylic acids is 1. The summed E-state index contributed by atoms with van der Waals surface area (Å²) in [4.78, 5) is 19.1. The summed E-state index contributed by atoms with van der Waals surface area (Å²) in [6.45, 7) is 5.75. The highest BCUT2D eigenvalue weighted by atomic mass is 16.2. The quantitative estimate of drug-likeness (QED) is 0.744. The first-order valence-corrected chi connectivity index (χ1v) is 8.66. The maximum atomic E-state index is 12.5. The van der Waals surface area contributed by atoms with Gasteiger partial charge in [-0.05, 0) is 37.4 Å². The van der Waals surface area contributed by atoms with Gasteiger partial charge in [0.15, 0.2) is 0 Å². The van der Waals surface area contributed by atoms with Gasteiger partial charge in [-0.15, -0.1) is 0 Å². The molecule has 6 heteroatoms. The molecule has 23 heavy (non-hydrogen) atoms. The third kappa shape index (κ3) is 4.28. The lowest BCUT2D eigenvalue weighted by Gasteiger charge is -2.33. The fraction of sp³-hybridized carbons (Fsp3) is 0.647. The van der Waals surface area contributed by atoms with Crippen LogP contribution in [0.25, 0.3) is 0 Å². The van der Waals surface area contributed by atoms with E-state index in [0.29, 0.717) is 0 Å². The Morgan fingerprint density at radius 3 is 3.22 bits per heavy atom. The van der Waals surface area contributed by atoms with E-state index in [9.17, 15) is 4.79 Å². The van der Waals surface area contributed by atoms with Crippen LogP contribution >= 0.6 is 0 Å². The highest BCUT2D eigenvalue weighted by Crippen LogP contribution is 2.16. The average molecular weight is 317 g/mol. The van der Waals surface area contributed by atoms with E-state index in [1.165, 1.54) is 5.56 Å². The van der Waals surface area contributed by atoms with Crippen LogP contribution in [-0.4, -0.2) is 47.5 Å². The number of likely N-dealkylation sites (tertiary alicyclic amines) is 1. The Bertz CT molecular complexity index is 509.